The maximum absolute atomic E-state index is 11.8. The third-order valence-electron chi connectivity index (χ3n) is 13.6. The zero-order chi connectivity index (χ0) is 31.0. The van der Waals surface area contributed by atoms with Crippen LogP contribution < -0.4 is 21.7 Å². The lowest BCUT2D eigenvalue weighted by atomic mass is 9.43. The molecule has 0 unspecified atom stereocenters. The average molecular weight is 605 g/mol. The number of unbranched alkanes of at least 4 members (excludes halogenated alkanes) is 1. The SMILES string of the molecule is CC(C)[C@H](O)CC[C@@H](C)[C@H]1CC[C@H]2[C@@H]3[C@@H](O)C[C@H]4C[C@@H](NCCCNCCCCNCCCN)CC[C@]4(C)[C@H]3CC[C@]12C. The summed E-state index contributed by atoms with van der Waals surface area (Å²) >= 11 is 0. The van der Waals surface area contributed by atoms with Gasteiger partial charge in [-0.1, -0.05) is 34.6 Å². The van der Waals surface area contributed by atoms with Gasteiger partial charge in [-0.05, 0) is 181 Å². The lowest BCUT2D eigenvalue weighted by molar-refractivity contribution is -0.167. The van der Waals surface area contributed by atoms with Crippen molar-refractivity contribution in [3.63, 3.8) is 0 Å². The second-order valence-corrected chi connectivity index (χ2v) is 16.5. The van der Waals surface area contributed by atoms with E-state index < -0.39 is 0 Å². The van der Waals surface area contributed by atoms with Crippen molar-refractivity contribution in [3.05, 3.63) is 0 Å². The van der Waals surface area contributed by atoms with E-state index in [9.17, 15) is 10.2 Å². The number of nitrogens with one attached hydrogen (secondary N) is 3. The smallest absolute Gasteiger partial charge is 0.0577 e. The van der Waals surface area contributed by atoms with Crippen LogP contribution in [-0.4, -0.2) is 67.7 Å². The topological polar surface area (TPSA) is 103 Å². The molecule has 252 valence electrons. The zero-order valence-electron chi connectivity index (χ0n) is 28.9. The molecule has 4 fully saturated rings. The van der Waals surface area contributed by atoms with Crippen molar-refractivity contribution in [1.82, 2.24) is 16.0 Å². The van der Waals surface area contributed by atoms with Crippen molar-refractivity contribution in [2.45, 2.75) is 143 Å². The third kappa shape index (κ3) is 8.57. The Morgan fingerprint density at radius 3 is 2.12 bits per heavy atom. The van der Waals surface area contributed by atoms with Gasteiger partial charge in [0.2, 0.25) is 0 Å². The maximum Gasteiger partial charge on any atom is 0.0577 e. The van der Waals surface area contributed by atoms with Crippen molar-refractivity contribution >= 4 is 0 Å². The van der Waals surface area contributed by atoms with E-state index in [1.165, 1.54) is 64.2 Å². The molecule has 6 heteroatoms. The minimum atomic E-state index is -0.170. The molecule has 0 aromatic carbocycles. The lowest BCUT2D eigenvalue weighted by Crippen LogP contribution is -2.59. The van der Waals surface area contributed by atoms with Crippen LogP contribution in [0.25, 0.3) is 0 Å². The molecule has 6 nitrogen and oxygen atoms in total. The van der Waals surface area contributed by atoms with E-state index in [4.69, 9.17) is 5.73 Å². The van der Waals surface area contributed by atoms with Crippen molar-refractivity contribution in [2.75, 3.05) is 39.3 Å². The summed E-state index contributed by atoms with van der Waals surface area (Å²) in [5, 5.41) is 33.2. The minimum absolute atomic E-state index is 0.122. The summed E-state index contributed by atoms with van der Waals surface area (Å²) in [6, 6.07) is 0.619. The summed E-state index contributed by atoms with van der Waals surface area (Å²) in [5.74, 6) is 4.28. The molecule has 0 radical (unpaired) electrons. The fraction of sp³-hybridized carbons (Fsp3) is 1.00. The van der Waals surface area contributed by atoms with Crippen LogP contribution >= 0.6 is 0 Å². The van der Waals surface area contributed by atoms with Gasteiger partial charge >= 0.3 is 0 Å². The summed E-state index contributed by atoms with van der Waals surface area (Å²) in [4.78, 5) is 0. The summed E-state index contributed by atoms with van der Waals surface area (Å²) in [7, 11) is 0. The molecule has 4 aliphatic carbocycles. The number of aliphatic hydroxyl groups is 2. The molecule has 0 spiro atoms. The van der Waals surface area contributed by atoms with E-state index >= 15 is 0 Å². The fourth-order valence-corrected chi connectivity index (χ4v) is 10.8. The average Bonchev–Trinajstić information content (AvgIpc) is 3.34. The molecule has 0 saturated heterocycles. The standard InChI is InChI=1S/C37H72N4O2/c1-26(2)33(42)13-10-27(3)30-11-12-31-35-32(15-17-37(30,31)5)36(4)16-14-29(24-28(36)25-34(35)43)41-23-9-22-40-20-7-6-19-39-21-8-18-38/h26-35,39-43H,6-25,38H2,1-5H3/t27-,28-,29+,30-,31+,32+,33-,34+,35+,36+,37-/m1/s1. The largest absolute Gasteiger partial charge is 0.393 e. The van der Waals surface area contributed by atoms with Crippen LogP contribution in [0.4, 0.5) is 0 Å². The molecule has 4 saturated carbocycles. The van der Waals surface area contributed by atoms with Gasteiger partial charge in [-0.3, -0.25) is 0 Å². The first kappa shape index (κ1) is 35.6. The molecule has 0 bridgehead atoms. The fourth-order valence-electron chi connectivity index (χ4n) is 10.8. The van der Waals surface area contributed by atoms with Gasteiger partial charge in [-0.15, -0.1) is 0 Å². The molecular weight excluding hydrogens is 532 g/mol. The van der Waals surface area contributed by atoms with E-state index in [-0.39, 0.29) is 12.2 Å². The minimum Gasteiger partial charge on any atom is -0.393 e. The normalized spacial score (nSPS) is 38.9. The van der Waals surface area contributed by atoms with Gasteiger partial charge in [0.15, 0.2) is 0 Å². The van der Waals surface area contributed by atoms with E-state index in [0.29, 0.717) is 52.4 Å². The maximum atomic E-state index is 11.8. The first-order valence-corrected chi connectivity index (χ1v) is 18.8. The molecule has 4 aliphatic rings. The first-order chi connectivity index (χ1) is 20.6. The number of hydrogen-bond acceptors (Lipinski definition) is 6. The third-order valence-corrected chi connectivity index (χ3v) is 13.6. The summed E-state index contributed by atoms with van der Waals surface area (Å²) < 4.78 is 0. The molecule has 0 aliphatic heterocycles. The van der Waals surface area contributed by atoms with Crippen LogP contribution in [0.3, 0.4) is 0 Å². The summed E-state index contributed by atoms with van der Waals surface area (Å²) in [6.45, 7) is 18.2. The first-order valence-electron chi connectivity index (χ1n) is 18.8. The Morgan fingerprint density at radius 2 is 1.42 bits per heavy atom. The highest BCUT2D eigenvalue weighted by Crippen LogP contribution is 2.68. The van der Waals surface area contributed by atoms with Gasteiger partial charge in [0.1, 0.15) is 0 Å². The molecule has 4 rings (SSSR count). The predicted octanol–water partition coefficient (Wildman–Crippen LogP) is 5.71. The van der Waals surface area contributed by atoms with Crippen molar-refractivity contribution in [1.29, 1.82) is 0 Å². The molecule has 43 heavy (non-hydrogen) atoms. The van der Waals surface area contributed by atoms with Gasteiger partial charge < -0.3 is 31.9 Å². The van der Waals surface area contributed by atoms with Crippen molar-refractivity contribution < 1.29 is 10.2 Å². The lowest BCUT2D eigenvalue weighted by Gasteiger charge is -2.62. The summed E-state index contributed by atoms with van der Waals surface area (Å²) in [6.07, 6.45) is 16.7. The van der Waals surface area contributed by atoms with Gasteiger partial charge in [-0.25, -0.2) is 0 Å². The highest BCUT2D eigenvalue weighted by molar-refractivity contribution is 5.12. The molecule has 11 atom stereocenters. The Kier molecular flexibility index (Phi) is 13.7. The Bertz CT molecular complexity index is 811. The molecule has 0 aromatic rings. The molecule has 0 aromatic heterocycles. The van der Waals surface area contributed by atoms with Crippen LogP contribution in [0.1, 0.15) is 125 Å². The zero-order valence-corrected chi connectivity index (χ0v) is 28.9. The van der Waals surface area contributed by atoms with Crippen molar-refractivity contribution in [3.8, 4) is 0 Å². The Hall–Kier alpha value is -0.240. The van der Waals surface area contributed by atoms with Crippen LogP contribution in [0.2, 0.25) is 0 Å². The highest BCUT2D eigenvalue weighted by Gasteiger charge is 2.62. The monoisotopic (exact) mass is 605 g/mol. The van der Waals surface area contributed by atoms with E-state index in [1.54, 1.807) is 0 Å². The van der Waals surface area contributed by atoms with Crippen LogP contribution in [-0.2, 0) is 0 Å². The number of hydrogen-bond donors (Lipinski definition) is 6. The Balaban J connectivity index is 1.20. The van der Waals surface area contributed by atoms with Crippen molar-refractivity contribution in [2.24, 2.45) is 58.0 Å². The number of nitrogens with two attached hydrogens (primary N) is 1. The van der Waals surface area contributed by atoms with Gasteiger partial charge in [0.25, 0.3) is 0 Å². The molecule has 0 amide bonds. The van der Waals surface area contributed by atoms with Crippen LogP contribution in [0.15, 0.2) is 0 Å². The van der Waals surface area contributed by atoms with E-state index in [2.05, 4.69) is 50.6 Å². The predicted molar refractivity (Wildman–Crippen MR) is 181 cm³/mol. The molecule has 0 heterocycles. The molecule has 7 N–H and O–H groups in total. The van der Waals surface area contributed by atoms with Gasteiger partial charge in [0.05, 0.1) is 12.2 Å². The molecular formula is C37H72N4O2. The second kappa shape index (κ2) is 16.5. The quantitative estimate of drug-likeness (QED) is 0.112. The van der Waals surface area contributed by atoms with E-state index in [0.717, 1.165) is 70.9 Å². The van der Waals surface area contributed by atoms with Crippen LogP contribution in [0.5, 0.6) is 0 Å². The van der Waals surface area contributed by atoms with Gasteiger partial charge in [-0.2, -0.15) is 0 Å². The van der Waals surface area contributed by atoms with Gasteiger partial charge in [0, 0.05) is 6.04 Å². The number of fused-ring (bicyclic) bond motifs is 5. The van der Waals surface area contributed by atoms with Crippen LogP contribution in [0, 0.1) is 52.3 Å². The second-order valence-electron chi connectivity index (χ2n) is 16.5. The van der Waals surface area contributed by atoms with E-state index in [1.807, 2.05) is 0 Å². The number of aliphatic hydroxyl groups excluding tert-OH is 2. The summed E-state index contributed by atoms with van der Waals surface area (Å²) in [5.41, 5.74) is 6.30. The Morgan fingerprint density at radius 1 is 0.767 bits per heavy atom. The Labute approximate surface area is 265 Å². The number of rotatable bonds is 18. The highest BCUT2D eigenvalue weighted by atomic mass is 16.3.